The Balaban J connectivity index is 1.83. The number of hydrogen-bond acceptors (Lipinski definition) is 6. The van der Waals surface area contributed by atoms with E-state index in [0.717, 1.165) is 22.4 Å². The quantitative estimate of drug-likeness (QED) is 0.766. The number of fused-ring (bicyclic) bond motifs is 1. The molecule has 0 amide bonds. The molecule has 0 aliphatic carbocycles. The summed E-state index contributed by atoms with van der Waals surface area (Å²) < 4.78 is 12.7. The molecule has 3 aromatic rings. The number of aliphatic hydroxyl groups excluding tert-OH is 1. The average Bonchev–Trinajstić information content (AvgIpc) is 2.88. The predicted molar refractivity (Wildman–Crippen MR) is 100 cm³/mol. The van der Waals surface area contributed by atoms with Crippen molar-refractivity contribution < 1.29 is 9.50 Å². The van der Waals surface area contributed by atoms with Crippen molar-refractivity contribution in [1.82, 2.24) is 19.9 Å². The second-order valence-corrected chi connectivity index (χ2v) is 7.21. The van der Waals surface area contributed by atoms with Crippen LogP contribution in [0.25, 0.3) is 11.1 Å². The van der Waals surface area contributed by atoms with Gasteiger partial charge in [-0.05, 0) is 24.1 Å². The van der Waals surface area contributed by atoms with Crippen LogP contribution in [-0.4, -0.2) is 31.3 Å². The third-order valence-corrected chi connectivity index (χ3v) is 5.05. The second kappa shape index (κ2) is 6.35. The molecule has 1 N–H and O–H groups in total. The summed E-state index contributed by atoms with van der Waals surface area (Å²) in [5, 5.41) is 11.0. The molecule has 3 heterocycles. The molecule has 1 aliphatic heterocycles. The lowest BCUT2D eigenvalue weighted by Gasteiger charge is -2.29. The van der Waals surface area contributed by atoms with Crippen LogP contribution in [0.5, 0.6) is 0 Å². The Bertz CT molecular complexity index is 973. The zero-order valence-corrected chi connectivity index (χ0v) is 15.4. The van der Waals surface area contributed by atoms with Gasteiger partial charge in [0.2, 0.25) is 0 Å². The van der Waals surface area contributed by atoms with Crippen molar-refractivity contribution in [3.05, 3.63) is 60.2 Å². The molecule has 0 saturated carbocycles. The Morgan fingerprint density at radius 1 is 1.04 bits per heavy atom. The molecule has 138 valence electrons. The third-order valence-electron chi connectivity index (χ3n) is 5.05. The smallest absolute Gasteiger partial charge is 0.159 e. The first-order chi connectivity index (χ1) is 12.9. The highest BCUT2D eigenvalue weighted by atomic mass is 19.1. The number of aliphatic hydroxyl groups is 1. The van der Waals surface area contributed by atoms with Gasteiger partial charge in [-0.25, -0.2) is 24.3 Å². The monoisotopic (exact) mass is 365 g/mol. The summed E-state index contributed by atoms with van der Waals surface area (Å²) in [6, 6.07) is 6.03. The summed E-state index contributed by atoms with van der Waals surface area (Å²) in [5.41, 5.74) is 3.85. The van der Waals surface area contributed by atoms with E-state index in [0.29, 0.717) is 11.5 Å². The molecule has 6 nitrogen and oxygen atoms in total. The molecule has 1 unspecified atom stereocenters. The minimum atomic E-state index is -0.795. The number of anilines is 2. The van der Waals surface area contributed by atoms with Crippen LogP contribution in [0.4, 0.5) is 15.8 Å². The molecule has 0 bridgehead atoms. The molecule has 1 atom stereocenters. The van der Waals surface area contributed by atoms with E-state index < -0.39 is 18.3 Å². The number of benzene rings is 1. The van der Waals surface area contributed by atoms with Gasteiger partial charge in [-0.3, -0.25) is 0 Å². The van der Waals surface area contributed by atoms with Crippen LogP contribution in [0.15, 0.2) is 43.0 Å². The summed E-state index contributed by atoms with van der Waals surface area (Å²) in [4.78, 5) is 18.4. The van der Waals surface area contributed by atoms with Crippen molar-refractivity contribution in [2.75, 3.05) is 4.90 Å². The largest absolute Gasteiger partial charge is 0.372 e. The van der Waals surface area contributed by atoms with E-state index in [1.807, 2.05) is 39.0 Å². The minimum absolute atomic E-state index is 0.123. The Morgan fingerprint density at radius 2 is 1.70 bits per heavy atom. The fraction of sp³-hybridized carbons (Fsp3) is 0.300. The van der Waals surface area contributed by atoms with Crippen LogP contribution in [-0.2, 0) is 12.1 Å². The number of aryl methyl sites for hydroxylation is 1. The molecule has 0 fully saturated rings. The van der Waals surface area contributed by atoms with E-state index >= 15 is 0 Å². The van der Waals surface area contributed by atoms with E-state index in [1.165, 1.54) is 12.4 Å². The first kappa shape index (κ1) is 17.5. The molecule has 0 saturated heterocycles. The minimum Gasteiger partial charge on any atom is -0.372 e. The molecule has 1 aliphatic rings. The van der Waals surface area contributed by atoms with Gasteiger partial charge in [0.1, 0.15) is 18.7 Å². The van der Waals surface area contributed by atoms with Crippen molar-refractivity contribution in [2.45, 2.75) is 39.1 Å². The molecule has 0 spiro atoms. The molecular formula is C20H20FN5O. The molecule has 7 heteroatoms. The summed E-state index contributed by atoms with van der Waals surface area (Å²) in [7, 11) is 0. The molecule has 27 heavy (non-hydrogen) atoms. The zero-order chi connectivity index (χ0) is 19.2. The van der Waals surface area contributed by atoms with Gasteiger partial charge < -0.3 is 10.0 Å². The summed E-state index contributed by atoms with van der Waals surface area (Å²) in [5.74, 6) is 0.834. The van der Waals surface area contributed by atoms with Gasteiger partial charge in [-0.1, -0.05) is 26.0 Å². The van der Waals surface area contributed by atoms with Gasteiger partial charge in [0, 0.05) is 29.1 Å². The topological polar surface area (TPSA) is 75.0 Å². The van der Waals surface area contributed by atoms with E-state index in [1.54, 1.807) is 17.3 Å². The lowest BCUT2D eigenvalue weighted by Crippen LogP contribution is -2.38. The highest BCUT2D eigenvalue weighted by molar-refractivity contribution is 5.78. The fourth-order valence-electron chi connectivity index (χ4n) is 3.41. The van der Waals surface area contributed by atoms with E-state index in [2.05, 4.69) is 19.9 Å². The SMILES string of the molecule is Cc1ncc(-c2ccc3c(c2)N(c2cnc(CF)nc2)C(O)C3(C)C)cn1. The van der Waals surface area contributed by atoms with E-state index in [4.69, 9.17) is 0 Å². The number of halogens is 1. The Kier molecular flexibility index (Phi) is 4.11. The number of alkyl halides is 1. The van der Waals surface area contributed by atoms with Crippen LogP contribution in [0.3, 0.4) is 0 Å². The van der Waals surface area contributed by atoms with Gasteiger partial charge in [0.05, 0.1) is 18.1 Å². The second-order valence-electron chi connectivity index (χ2n) is 7.21. The van der Waals surface area contributed by atoms with Gasteiger partial charge >= 0.3 is 0 Å². The Hall–Kier alpha value is -2.93. The highest BCUT2D eigenvalue weighted by Crippen LogP contribution is 2.48. The lowest BCUT2D eigenvalue weighted by molar-refractivity contribution is 0.119. The van der Waals surface area contributed by atoms with E-state index in [-0.39, 0.29) is 5.82 Å². The van der Waals surface area contributed by atoms with Crippen molar-refractivity contribution in [3.8, 4) is 11.1 Å². The number of aromatic nitrogens is 4. The predicted octanol–water partition coefficient (Wildman–Crippen LogP) is 3.46. The summed E-state index contributed by atoms with van der Waals surface area (Å²) in [6.45, 7) is 5.10. The van der Waals surface area contributed by atoms with Crippen molar-refractivity contribution in [1.29, 1.82) is 0 Å². The highest BCUT2D eigenvalue weighted by Gasteiger charge is 2.44. The van der Waals surface area contributed by atoms with Crippen LogP contribution >= 0.6 is 0 Å². The Labute approximate surface area is 156 Å². The van der Waals surface area contributed by atoms with Crippen molar-refractivity contribution >= 4 is 11.4 Å². The molecule has 0 radical (unpaired) electrons. The van der Waals surface area contributed by atoms with Crippen LogP contribution < -0.4 is 4.90 Å². The molecular weight excluding hydrogens is 345 g/mol. The van der Waals surface area contributed by atoms with Crippen molar-refractivity contribution in [2.24, 2.45) is 0 Å². The van der Waals surface area contributed by atoms with E-state index in [9.17, 15) is 9.50 Å². The standard InChI is InChI=1S/C20H20FN5O/c1-12-22-8-14(9-23-12)13-4-5-16-17(6-13)26(19(27)20(16,2)3)15-10-24-18(7-21)25-11-15/h4-6,8-11,19,27H,7H2,1-3H3. The fourth-order valence-corrected chi connectivity index (χ4v) is 3.41. The van der Waals surface area contributed by atoms with Gasteiger partial charge in [0.25, 0.3) is 0 Å². The number of nitrogens with zero attached hydrogens (tertiary/aromatic N) is 5. The normalized spacial score (nSPS) is 17.8. The number of rotatable bonds is 3. The summed E-state index contributed by atoms with van der Waals surface area (Å²) >= 11 is 0. The van der Waals surface area contributed by atoms with Gasteiger partial charge in [-0.2, -0.15) is 0 Å². The lowest BCUT2D eigenvalue weighted by atomic mass is 9.85. The van der Waals surface area contributed by atoms with Gasteiger partial charge in [0.15, 0.2) is 5.82 Å². The van der Waals surface area contributed by atoms with Gasteiger partial charge in [-0.15, -0.1) is 0 Å². The van der Waals surface area contributed by atoms with Crippen molar-refractivity contribution in [3.63, 3.8) is 0 Å². The average molecular weight is 365 g/mol. The van der Waals surface area contributed by atoms with Crippen LogP contribution in [0.1, 0.15) is 31.1 Å². The molecule has 2 aromatic heterocycles. The maximum Gasteiger partial charge on any atom is 0.159 e. The first-order valence-corrected chi connectivity index (χ1v) is 8.69. The first-order valence-electron chi connectivity index (χ1n) is 8.69. The van der Waals surface area contributed by atoms with Crippen LogP contribution in [0, 0.1) is 6.92 Å². The zero-order valence-electron chi connectivity index (χ0n) is 15.4. The van der Waals surface area contributed by atoms with Crippen LogP contribution in [0.2, 0.25) is 0 Å². The molecule has 1 aromatic carbocycles. The Morgan fingerprint density at radius 3 is 2.33 bits per heavy atom. The third kappa shape index (κ3) is 2.84. The maximum absolute atomic E-state index is 12.7. The molecule has 4 rings (SSSR count). The summed E-state index contributed by atoms with van der Waals surface area (Å²) in [6.07, 6.45) is 5.85. The number of hydrogen-bond donors (Lipinski definition) is 1. The maximum atomic E-state index is 12.7.